The first-order chi connectivity index (χ1) is 7.74. The average Bonchev–Trinajstić information content (AvgIpc) is 2.33. The quantitative estimate of drug-likeness (QED) is 0.321. The number of ether oxygens (including phenoxy) is 1. The fraction of sp³-hybridized carbons (Fsp3) is 1.00. The van der Waals surface area contributed by atoms with E-state index in [9.17, 15) is 0 Å². The van der Waals surface area contributed by atoms with Gasteiger partial charge in [-0.25, -0.2) is 0 Å². The van der Waals surface area contributed by atoms with Gasteiger partial charge in [-0.2, -0.15) is 0 Å². The number of unbranched alkanes of at least 4 members (excludes halogenated alkanes) is 2. The summed E-state index contributed by atoms with van der Waals surface area (Å²) in [6.45, 7) is 5.29. The molecule has 0 spiro atoms. The van der Waals surface area contributed by atoms with Crippen LogP contribution >= 0.6 is 0 Å². The van der Waals surface area contributed by atoms with Crippen molar-refractivity contribution in [3.8, 4) is 0 Å². The van der Waals surface area contributed by atoms with Crippen molar-refractivity contribution < 1.29 is 18.0 Å². The van der Waals surface area contributed by atoms with Crippen LogP contribution in [0.5, 0.6) is 0 Å². The molecular formula is C11H26O4Si. The number of hydrogen-bond acceptors (Lipinski definition) is 4. The summed E-state index contributed by atoms with van der Waals surface area (Å²) in [5, 5.41) is 0. The summed E-state index contributed by atoms with van der Waals surface area (Å²) in [5.74, 6) is 0. The van der Waals surface area contributed by atoms with Crippen molar-refractivity contribution in [2.45, 2.75) is 45.6 Å². The highest BCUT2D eigenvalue weighted by Gasteiger charge is 2.38. The van der Waals surface area contributed by atoms with Crippen LogP contribution < -0.4 is 0 Å². The molecule has 0 bridgehead atoms. The van der Waals surface area contributed by atoms with Gasteiger partial charge >= 0.3 is 8.80 Å². The topological polar surface area (TPSA) is 36.9 Å². The lowest BCUT2D eigenvalue weighted by Gasteiger charge is -2.26. The molecule has 4 nitrogen and oxygen atoms in total. The van der Waals surface area contributed by atoms with Crippen LogP contribution in [0.4, 0.5) is 0 Å². The fourth-order valence-corrected chi connectivity index (χ4v) is 3.31. The van der Waals surface area contributed by atoms with E-state index in [1.807, 2.05) is 0 Å². The molecule has 0 atom stereocenters. The molecular weight excluding hydrogens is 224 g/mol. The third-order valence-electron chi connectivity index (χ3n) is 2.46. The van der Waals surface area contributed by atoms with Crippen molar-refractivity contribution in [3.63, 3.8) is 0 Å². The van der Waals surface area contributed by atoms with Gasteiger partial charge in [0.25, 0.3) is 0 Å². The minimum absolute atomic E-state index is 0.275. The standard InChI is InChI=1S/C11H26O4Si/c1-5-7-9-14-11-15-16(12-3,13-4)10-8-6-2/h5-11H2,1-4H3. The molecule has 0 unspecified atom stereocenters. The first kappa shape index (κ1) is 16.1. The zero-order valence-corrected chi connectivity index (χ0v) is 12.1. The van der Waals surface area contributed by atoms with E-state index < -0.39 is 8.80 Å². The van der Waals surface area contributed by atoms with Crippen molar-refractivity contribution in [1.82, 2.24) is 0 Å². The van der Waals surface area contributed by atoms with E-state index in [1.165, 1.54) is 0 Å². The predicted molar refractivity (Wildman–Crippen MR) is 66.3 cm³/mol. The molecule has 0 aromatic heterocycles. The van der Waals surface area contributed by atoms with E-state index in [0.29, 0.717) is 0 Å². The van der Waals surface area contributed by atoms with E-state index in [1.54, 1.807) is 14.2 Å². The highest BCUT2D eigenvalue weighted by Crippen LogP contribution is 2.17. The molecule has 0 aliphatic carbocycles. The third-order valence-corrected chi connectivity index (χ3v) is 5.23. The van der Waals surface area contributed by atoms with Crippen LogP contribution in [0.2, 0.25) is 6.04 Å². The summed E-state index contributed by atoms with van der Waals surface area (Å²) in [7, 11) is 0.851. The van der Waals surface area contributed by atoms with Crippen LogP contribution in [-0.4, -0.2) is 36.4 Å². The molecule has 0 aliphatic rings. The number of rotatable bonds is 11. The van der Waals surface area contributed by atoms with E-state index in [-0.39, 0.29) is 6.79 Å². The molecule has 0 aliphatic heterocycles. The largest absolute Gasteiger partial charge is 0.502 e. The molecule has 0 N–H and O–H groups in total. The van der Waals surface area contributed by atoms with Crippen molar-refractivity contribution in [2.75, 3.05) is 27.6 Å². The lowest BCUT2D eigenvalue weighted by Crippen LogP contribution is -2.44. The van der Waals surface area contributed by atoms with E-state index in [4.69, 9.17) is 18.0 Å². The molecule has 5 heteroatoms. The Hall–Kier alpha value is 0.0569. The van der Waals surface area contributed by atoms with Crippen molar-refractivity contribution >= 4 is 8.80 Å². The van der Waals surface area contributed by atoms with Crippen LogP contribution in [0.15, 0.2) is 0 Å². The second-order valence-corrected chi connectivity index (χ2v) is 6.69. The summed E-state index contributed by atoms with van der Waals surface area (Å²) < 4.78 is 21.8. The maximum atomic E-state index is 5.65. The Kier molecular flexibility index (Phi) is 10.3. The molecule has 0 saturated carbocycles. The van der Waals surface area contributed by atoms with Gasteiger partial charge < -0.3 is 18.0 Å². The lowest BCUT2D eigenvalue weighted by molar-refractivity contribution is -0.0337. The van der Waals surface area contributed by atoms with Gasteiger partial charge in [0.05, 0.1) is 0 Å². The summed E-state index contributed by atoms with van der Waals surface area (Å²) in [5.41, 5.74) is 0. The molecule has 16 heavy (non-hydrogen) atoms. The van der Waals surface area contributed by atoms with Crippen LogP contribution in [0.1, 0.15) is 39.5 Å². The van der Waals surface area contributed by atoms with E-state index >= 15 is 0 Å². The smallest absolute Gasteiger partial charge is 0.377 e. The Morgan fingerprint density at radius 2 is 1.56 bits per heavy atom. The molecule has 0 aromatic rings. The number of hydrogen-bond donors (Lipinski definition) is 0. The lowest BCUT2D eigenvalue weighted by atomic mass is 10.4. The summed E-state index contributed by atoms with van der Waals surface area (Å²) in [6.07, 6.45) is 4.37. The zero-order valence-electron chi connectivity index (χ0n) is 11.1. The minimum Gasteiger partial charge on any atom is -0.377 e. The zero-order chi connectivity index (χ0) is 12.3. The second-order valence-electron chi connectivity index (χ2n) is 3.72. The van der Waals surface area contributed by atoms with Gasteiger partial charge in [0.2, 0.25) is 0 Å². The molecule has 0 aromatic carbocycles. The van der Waals surface area contributed by atoms with Crippen LogP contribution in [0.3, 0.4) is 0 Å². The maximum Gasteiger partial charge on any atom is 0.502 e. The van der Waals surface area contributed by atoms with Crippen molar-refractivity contribution in [1.29, 1.82) is 0 Å². The molecule has 0 rings (SSSR count). The summed E-state index contributed by atoms with van der Waals surface area (Å²) >= 11 is 0. The molecule has 0 heterocycles. The summed E-state index contributed by atoms with van der Waals surface area (Å²) in [4.78, 5) is 0. The second kappa shape index (κ2) is 10.2. The SMILES string of the molecule is CCCCOCO[Si](CCCC)(OC)OC. The molecule has 0 amide bonds. The van der Waals surface area contributed by atoms with Gasteiger partial charge in [-0.15, -0.1) is 0 Å². The normalized spacial score (nSPS) is 12.0. The Morgan fingerprint density at radius 3 is 2.06 bits per heavy atom. The van der Waals surface area contributed by atoms with Gasteiger partial charge in [-0.05, 0) is 12.8 Å². The Bertz CT molecular complexity index is 151. The highest BCUT2D eigenvalue weighted by molar-refractivity contribution is 6.60. The van der Waals surface area contributed by atoms with E-state index in [0.717, 1.165) is 38.3 Å². The fourth-order valence-electron chi connectivity index (χ4n) is 1.31. The highest BCUT2D eigenvalue weighted by atomic mass is 28.4. The van der Waals surface area contributed by atoms with Crippen LogP contribution in [-0.2, 0) is 18.0 Å². The van der Waals surface area contributed by atoms with E-state index in [2.05, 4.69) is 13.8 Å². The first-order valence-corrected chi connectivity index (χ1v) is 7.99. The van der Waals surface area contributed by atoms with Crippen LogP contribution in [0, 0.1) is 0 Å². The third kappa shape index (κ3) is 6.60. The minimum atomic E-state index is -2.45. The Balaban J connectivity index is 3.82. The van der Waals surface area contributed by atoms with Gasteiger partial charge in [-0.3, -0.25) is 0 Å². The molecule has 0 fully saturated rings. The Labute approximate surface area is 101 Å². The van der Waals surface area contributed by atoms with Crippen LogP contribution in [0.25, 0.3) is 0 Å². The van der Waals surface area contributed by atoms with Gasteiger partial charge in [-0.1, -0.05) is 26.7 Å². The van der Waals surface area contributed by atoms with Gasteiger partial charge in [0.1, 0.15) is 6.79 Å². The summed E-state index contributed by atoms with van der Waals surface area (Å²) in [6, 6.07) is 0.855. The van der Waals surface area contributed by atoms with Crippen molar-refractivity contribution in [3.05, 3.63) is 0 Å². The van der Waals surface area contributed by atoms with Gasteiger partial charge in [0, 0.05) is 26.9 Å². The van der Waals surface area contributed by atoms with Gasteiger partial charge in [0.15, 0.2) is 0 Å². The monoisotopic (exact) mass is 250 g/mol. The molecule has 98 valence electrons. The Morgan fingerprint density at radius 1 is 0.938 bits per heavy atom. The molecule has 0 saturated heterocycles. The first-order valence-electron chi connectivity index (χ1n) is 6.06. The van der Waals surface area contributed by atoms with Crippen molar-refractivity contribution in [2.24, 2.45) is 0 Å². The predicted octanol–water partition coefficient (Wildman–Crippen LogP) is 2.81. The molecule has 0 radical (unpaired) electrons. The average molecular weight is 250 g/mol. The maximum absolute atomic E-state index is 5.65.